The molecule has 2 rings (SSSR count). The summed E-state index contributed by atoms with van der Waals surface area (Å²) >= 11 is 0. The van der Waals surface area contributed by atoms with Crippen LogP contribution in [0.5, 0.6) is 0 Å². The van der Waals surface area contributed by atoms with E-state index in [0.29, 0.717) is 11.1 Å². The average molecular weight is 178 g/mol. The largest absolute Gasteiger partial charge is 0.478 e. The van der Waals surface area contributed by atoms with Gasteiger partial charge in [0.1, 0.15) is 5.52 Å². The van der Waals surface area contributed by atoms with Gasteiger partial charge in [-0.2, -0.15) is 0 Å². The van der Waals surface area contributed by atoms with E-state index < -0.39 is 5.97 Å². The number of oxazole rings is 1. The van der Waals surface area contributed by atoms with Crippen molar-refractivity contribution >= 4 is 22.8 Å². The molecule has 1 heterocycles. The lowest BCUT2D eigenvalue weighted by atomic mass is 10.1. The lowest BCUT2D eigenvalue weighted by Crippen LogP contribution is -2.01. The second-order valence-corrected chi connectivity index (χ2v) is 2.56. The van der Waals surface area contributed by atoms with Gasteiger partial charge in [-0.1, -0.05) is 0 Å². The van der Waals surface area contributed by atoms with Crippen molar-refractivity contribution in [2.24, 2.45) is 0 Å². The summed E-state index contributed by atoms with van der Waals surface area (Å²) in [6.07, 6.45) is 1.25. The molecule has 0 radical (unpaired) electrons. The molecule has 0 atom stereocenters. The number of carbonyl (C=O) groups is 1. The fourth-order valence-corrected chi connectivity index (χ4v) is 1.10. The third kappa shape index (κ3) is 1.10. The molecule has 0 saturated heterocycles. The van der Waals surface area contributed by atoms with Gasteiger partial charge in [0, 0.05) is 5.69 Å². The summed E-state index contributed by atoms with van der Waals surface area (Å²) in [7, 11) is 0. The van der Waals surface area contributed by atoms with Crippen molar-refractivity contribution in [3.8, 4) is 0 Å². The third-order valence-corrected chi connectivity index (χ3v) is 1.73. The maximum absolute atomic E-state index is 10.6. The molecule has 66 valence electrons. The second kappa shape index (κ2) is 2.48. The van der Waals surface area contributed by atoms with Gasteiger partial charge in [0.15, 0.2) is 12.0 Å². The minimum absolute atomic E-state index is 0.0317. The van der Waals surface area contributed by atoms with Crippen molar-refractivity contribution < 1.29 is 14.3 Å². The number of anilines is 1. The highest BCUT2D eigenvalue weighted by molar-refractivity contribution is 5.98. The highest BCUT2D eigenvalue weighted by atomic mass is 16.4. The fraction of sp³-hybridized carbons (Fsp3) is 0. The number of benzene rings is 1. The molecule has 5 heteroatoms. The van der Waals surface area contributed by atoms with Gasteiger partial charge >= 0.3 is 5.97 Å². The summed E-state index contributed by atoms with van der Waals surface area (Å²) in [4.78, 5) is 14.5. The average Bonchev–Trinajstić information content (AvgIpc) is 2.48. The van der Waals surface area contributed by atoms with Crippen LogP contribution < -0.4 is 5.73 Å². The van der Waals surface area contributed by atoms with Crippen LogP contribution >= 0.6 is 0 Å². The molecule has 1 aromatic carbocycles. The number of nitrogen functional groups attached to an aromatic ring is 1. The van der Waals surface area contributed by atoms with Crippen LogP contribution in [-0.2, 0) is 0 Å². The van der Waals surface area contributed by atoms with Crippen LogP contribution in [0.25, 0.3) is 11.1 Å². The molecule has 0 aliphatic carbocycles. The van der Waals surface area contributed by atoms with Crippen molar-refractivity contribution in [1.82, 2.24) is 4.98 Å². The summed E-state index contributed by atoms with van der Waals surface area (Å²) in [6, 6.07) is 2.84. The maximum atomic E-state index is 10.6. The van der Waals surface area contributed by atoms with E-state index in [1.807, 2.05) is 0 Å². The molecule has 0 unspecified atom stereocenters. The van der Waals surface area contributed by atoms with E-state index in [1.54, 1.807) is 0 Å². The number of aromatic carboxylic acids is 1. The molecular weight excluding hydrogens is 172 g/mol. The topological polar surface area (TPSA) is 89.4 Å². The number of hydrogen-bond donors (Lipinski definition) is 2. The lowest BCUT2D eigenvalue weighted by molar-refractivity contribution is 0.0698. The number of carboxylic acids is 1. The second-order valence-electron chi connectivity index (χ2n) is 2.56. The van der Waals surface area contributed by atoms with E-state index in [4.69, 9.17) is 15.3 Å². The van der Waals surface area contributed by atoms with E-state index in [9.17, 15) is 4.79 Å². The standard InChI is InChI=1S/C8H6N2O3/c9-5-2-6-7(13-3-10-6)1-4(5)8(11)12/h1-3H,9H2,(H,11,12). The molecule has 5 nitrogen and oxygen atoms in total. The zero-order valence-corrected chi connectivity index (χ0v) is 6.52. The number of nitrogens with zero attached hydrogens (tertiary/aromatic N) is 1. The first-order valence-corrected chi connectivity index (χ1v) is 3.54. The fourth-order valence-electron chi connectivity index (χ4n) is 1.10. The summed E-state index contributed by atoms with van der Waals surface area (Å²) in [6.45, 7) is 0. The predicted octanol–water partition coefficient (Wildman–Crippen LogP) is 1.11. The normalized spacial score (nSPS) is 10.5. The van der Waals surface area contributed by atoms with Crippen LogP contribution in [0.1, 0.15) is 10.4 Å². The smallest absolute Gasteiger partial charge is 0.337 e. The predicted molar refractivity (Wildman–Crippen MR) is 45.4 cm³/mol. The molecule has 0 bridgehead atoms. The molecule has 0 amide bonds. The monoisotopic (exact) mass is 178 g/mol. The van der Waals surface area contributed by atoms with Gasteiger partial charge in [-0.05, 0) is 12.1 Å². The van der Waals surface area contributed by atoms with Gasteiger partial charge in [-0.15, -0.1) is 0 Å². The molecule has 3 N–H and O–H groups in total. The molecule has 0 fully saturated rings. The molecule has 0 aliphatic heterocycles. The highest BCUT2D eigenvalue weighted by Crippen LogP contribution is 2.20. The Hall–Kier alpha value is -2.04. The minimum atomic E-state index is -1.07. The molecule has 13 heavy (non-hydrogen) atoms. The summed E-state index contributed by atoms with van der Waals surface area (Å²) in [5.74, 6) is -1.07. The molecule has 0 aliphatic rings. The summed E-state index contributed by atoms with van der Waals surface area (Å²) in [5.41, 5.74) is 6.69. The van der Waals surface area contributed by atoms with Crippen LogP contribution in [0.4, 0.5) is 5.69 Å². The van der Waals surface area contributed by atoms with Crippen LogP contribution in [0, 0.1) is 0 Å². The van der Waals surface area contributed by atoms with E-state index >= 15 is 0 Å². The molecule has 0 saturated carbocycles. The van der Waals surface area contributed by atoms with Gasteiger partial charge in [0.25, 0.3) is 0 Å². The number of hydrogen-bond acceptors (Lipinski definition) is 4. The Labute approximate surface area is 72.8 Å². The quantitative estimate of drug-likeness (QED) is 0.638. The van der Waals surface area contributed by atoms with Crippen molar-refractivity contribution in [2.75, 3.05) is 5.73 Å². The van der Waals surface area contributed by atoms with Crippen molar-refractivity contribution in [2.45, 2.75) is 0 Å². The van der Waals surface area contributed by atoms with Gasteiger partial charge in [0.05, 0.1) is 5.56 Å². The first-order valence-electron chi connectivity index (χ1n) is 3.54. The Morgan fingerprint density at radius 2 is 2.31 bits per heavy atom. The summed E-state index contributed by atoms with van der Waals surface area (Å²) < 4.78 is 4.93. The Morgan fingerprint density at radius 1 is 1.54 bits per heavy atom. The van der Waals surface area contributed by atoms with Gasteiger partial charge < -0.3 is 15.3 Å². The lowest BCUT2D eigenvalue weighted by Gasteiger charge is -1.98. The summed E-state index contributed by atoms with van der Waals surface area (Å²) in [5, 5.41) is 8.72. The van der Waals surface area contributed by atoms with Crippen LogP contribution in [0.3, 0.4) is 0 Å². The highest BCUT2D eigenvalue weighted by Gasteiger charge is 2.10. The van der Waals surface area contributed by atoms with E-state index in [0.717, 1.165) is 0 Å². The Morgan fingerprint density at radius 3 is 3.00 bits per heavy atom. The van der Waals surface area contributed by atoms with Crippen LogP contribution in [-0.4, -0.2) is 16.1 Å². The number of rotatable bonds is 1. The minimum Gasteiger partial charge on any atom is -0.478 e. The zero-order valence-electron chi connectivity index (χ0n) is 6.52. The molecule has 2 aromatic rings. The van der Waals surface area contributed by atoms with Crippen molar-refractivity contribution in [3.05, 3.63) is 24.1 Å². The number of carboxylic acid groups (broad SMARTS) is 1. The molecule has 0 spiro atoms. The number of nitrogens with two attached hydrogens (primary N) is 1. The number of fused-ring (bicyclic) bond motifs is 1. The Balaban J connectivity index is 2.76. The SMILES string of the molecule is Nc1cc2ncoc2cc1C(=O)O. The molecule has 1 aromatic heterocycles. The van der Waals surface area contributed by atoms with E-state index in [1.165, 1.54) is 18.5 Å². The number of aromatic nitrogens is 1. The van der Waals surface area contributed by atoms with Gasteiger partial charge in [-0.3, -0.25) is 0 Å². The van der Waals surface area contributed by atoms with Gasteiger partial charge in [0.2, 0.25) is 0 Å². The van der Waals surface area contributed by atoms with E-state index in [2.05, 4.69) is 4.98 Å². The molecular formula is C8H6N2O3. The van der Waals surface area contributed by atoms with E-state index in [-0.39, 0.29) is 11.3 Å². The van der Waals surface area contributed by atoms with Crippen molar-refractivity contribution in [1.29, 1.82) is 0 Å². The Kier molecular flexibility index (Phi) is 1.45. The zero-order chi connectivity index (χ0) is 9.42. The van der Waals surface area contributed by atoms with Crippen LogP contribution in [0.15, 0.2) is 22.9 Å². The Bertz CT molecular complexity index is 475. The van der Waals surface area contributed by atoms with Crippen LogP contribution in [0.2, 0.25) is 0 Å². The van der Waals surface area contributed by atoms with Gasteiger partial charge in [-0.25, -0.2) is 9.78 Å². The first kappa shape index (κ1) is 7.60. The maximum Gasteiger partial charge on any atom is 0.337 e. The van der Waals surface area contributed by atoms with Crippen molar-refractivity contribution in [3.63, 3.8) is 0 Å². The first-order chi connectivity index (χ1) is 6.18. The third-order valence-electron chi connectivity index (χ3n) is 1.73.